The summed E-state index contributed by atoms with van der Waals surface area (Å²) in [6.07, 6.45) is 1.36. The van der Waals surface area contributed by atoms with Crippen LogP contribution < -0.4 is 5.73 Å². The van der Waals surface area contributed by atoms with Crippen LogP contribution in [-0.2, 0) is 6.54 Å². The molecule has 1 aliphatic carbocycles. The van der Waals surface area contributed by atoms with Crippen molar-refractivity contribution >= 4 is 11.3 Å². The smallest absolute Gasteiger partial charge is 0.0189 e. The van der Waals surface area contributed by atoms with Gasteiger partial charge in [-0.1, -0.05) is 6.92 Å². The molecule has 0 amide bonds. The monoisotopic (exact) mass is 167 g/mol. The number of rotatable bonds is 2. The molecule has 0 radical (unpaired) electrons. The average Bonchev–Trinajstić information content (AvgIpc) is 2.58. The summed E-state index contributed by atoms with van der Waals surface area (Å²) in [4.78, 5) is 0. The number of thiophene rings is 1. The molecule has 1 nitrogen and oxygen atoms in total. The molecule has 1 aromatic heterocycles. The van der Waals surface area contributed by atoms with Crippen LogP contribution in [0.5, 0.6) is 0 Å². The predicted molar refractivity (Wildman–Crippen MR) is 48.7 cm³/mol. The van der Waals surface area contributed by atoms with E-state index in [0.717, 1.165) is 11.8 Å². The molecule has 60 valence electrons. The van der Waals surface area contributed by atoms with Crippen LogP contribution in [0.15, 0.2) is 10.8 Å². The Balaban J connectivity index is 2.23. The van der Waals surface area contributed by atoms with Gasteiger partial charge in [0.15, 0.2) is 0 Å². The standard InChI is InChI=1S/C9H13NS/c1-6-2-8(6)9-5-11-4-7(9)3-10/h4-6,8H,2-3,10H2,1H3. The molecule has 0 spiro atoms. The maximum atomic E-state index is 5.61. The molecule has 1 aromatic rings. The summed E-state index contributed by atoms with van der Waals surface area (Å²) in [5.74, 6) is 1.73. The summed E-state index contributed by atoms with van der Waals surface area (Å²) < 4.78 is 0. The molecular weight excluding hydrogens is 154 g/mol. The van der Waals surface area contributed by atoms with Gasteiger partial charge in [-0.2, -0.15) is 11.3 Å². The maximum absolute atomic E-state index is 5.61. The van der Waals surface area contributed by atoms with E-state index in [1.807, 2.05) is 0 Å². The Kier molecular flexibility index (Phi) is 1.74. The van der Waals surface area contributed by atoms with Crippen molar-refractivity contribution in [3.63, 3.8) is 0 Å². The van der Waals surface area contributed by atoms with E-state index in [4.69, 9.17) is 5.73 Å². The Bertz CT molecular complexity index is 254. The summed E-state index contributed by atoms with van der Waals surface area (Å²) in [5.41, 5.74) is 8.50. The highest BCUT2D eigenvalue weighted by atomic mass is 32.1. The van der Waals surface area contributed by atoms with Crippen LogP contribution in [0.4, 0.5) is 0 Å². The zero-order valence-corrected chi connectivity index (χ0v) is 7.53. The van der Waals surface area contributed by atoms with E-state index in [-0.39, 0.29) is 0 Å². The molecule has 2 unspecified atom stereocenters. The second-order valence-electron chi connectivity index (χ2n) is 3.38. The first kappa shape index (κ1) is 7.32. The van der Waals surface area contributed by atoms with Gasteiger partial charge in [0.25, 0.3) is 0 Å². The molecule has 1 fully saturated rings. The highest BCUT2D eigenvalue weighted by molar-refractivity contribution is 7.08. The van der Waals surface area contributed by atoms with Crippen molar-refractivity contribution in [3.05, 3.63) is 21.9 Å². The van der Waals surface area contributed by atoms with Crippen molar-refractivity contribution < 1.29 is 0 Å². The molecule has 0 bridgehead atoms. The van der Waals surface area contributed by atoms with E-state index >= 15 is 0 Å². The molecule has 1 saturated carbocycles. The Hall–Kier alpha value is -0.340. The third kappa shape index (κ3) is 1.21. The average molecular weight is 167 g/mol. The molecule has 0 aromatic carbocycles. The van der Waals surface area contributed by atoms with Crippen LogP contribution in [0.2, 0.25) is 0 Å². The second kappa shape index (κ2) is 2.61. The highest BCUT2D eigenvalue weighted by Gasteiger charge is 2.35. The van der Waals surface area contributed by atoms with Crippen molar-refractivity contribution in [1.29, 1.82) is 0 Å². The Morgan fingerprint density at radius 1 is 1.64 bits per heavy atom. The van der Waals surface area contributed by atoms with Gasteiger partial charge >= 0.3 is 0 Å². The molecule has 2 heteroatoms. The SMILES string of the molecule is CC1CC1c1cscc1CN. The highest BCUT2D eigenvalue weighted by Crippen LogP contribution is 2.48. The fourth-order valence-electron chi connectivity index (χ4n) is 1.58. The molecule has 2 N–H and O–H groups in total. The van der Waals surface area contributed by atoms with Crippen molar-refractivity contribution in [1.82, 2.24) is 0 Å². The zero-order valence-electron chi connectivity index (χ0n) is 6.71. The molecule has 2 atom stereocenters. The van der Waals surface area contributed by atoms with Gasteiger partial charge in [-0.15, -0.1) is 0 Å². The summed E-state index contributed by atoms with van der Waals surface area (Å²) in [6.45, 7) is 3.02. The Labute approximate surface area is 71.2 Å². The van der Waals surface area contributed by atoms with Gasteiger partial charge in [-0.25, -0.2) is 0 Å². The van der Waals surface area contributed by atoms with E-state index in [9.17, 15) is 0 Å². The molecule has 1 heterocycles. The molecule has 0 saturated heterocycles. The summed E-state index contributed by atoms with van der Waals surface area (Å²) in [5, 5.41) is 4.44. The largest absolute Gasteiger partial charge is 0.326 e. The molecule has 1 aliphatic rings. The van der Waals surface area contributed by atoms with Crippen LogP contribution in [0, 0.1) is 5.92 Å². The second-order valence-corrected chi connectivity index (χ2v) is 4.12. The third-order valence-electron chi connectivity index (χ3n) is 2.50. The predicted octanol–water partition coefficient (Wildman–Crippen LogP) is 2.33. The summed E-state index contributed by atoms with van der Waals surface area (Å²) in [7, 11) is 0. The van der Waals surface area contributed by atoms with Crippen LogP contribution in [-0.4, -0.2) is 0 Å². The van der Waals surface area contributed by atoms with Gasteiger partial charge in [0.2, 0.25) is 0 Å². The summed E-state index contributed by atoms with van der Waals surface area (Å²) >= 11 is 1.78. The van der Waals surface area contributed by atoms with Crippen LogP contribution >= 0.6 is 11.3 Å². The molecule has 2 rings (SSSR count). The zero-order chi connectivity index (χ0) is 7.84. The lowest BCUT2D eigenvalue weighted by molar-refractivity contribution is 0.900. The fourth-order valence-corrected chi connectivity index (χ4v) is 2.52. The number of nitrogens with two attached hydrogens (primary N) is 1. The van der Waals surface area contributed by atoms with E-state index < -0.39 is 0 Å². The van der Waals surface area contributed by atoms with Crippen molar-refractivity contribution in [2.45, 2.75) is 25.8 Å². The first-order chi connectivity index (χ1) is 5.33. The van der Waals surface area contributed by atoms with Crippen LogP contribution in [0.3, 0.4) is 0 Å². The maximum Gasteiger partial charge on any atom is 0.0189 e. The van der Waals surface area contributed by atoms with Crippen LogP contribution in [0.1, 0.15) is 30.4 Å². The van der Waals surface area contributed by atoms with Gasteiger partial charge in [0.1, 0.15) is 0 Å². The van der Waals surface area contributed by atoms with E-state index in [2.05, 4.69) is 17.7 Å². The van der Waals surface area contributed by atoms with E-state index in [0.29, 0.717) is 6.54 Å². The molecule has 11 heavy (non-hydrogen) atoms. The number of hydrogen-bond donors (Lipinski definition) is 1. The van der Waals surface area contributed by atoms with E-state index in [1.54, 1.807) is 11.3 Å². The van der Waals surface area contributed by atoms with Gasteiger partial charge in [-0.3, -0.25) is 0 Å². The first-order valence-electron chi connectivity index (χ1n) is 4.08. The fraction of sp³-hybridized carbons (Fsp3) is 0.556. The van der Waals surface area contributed by atoms with Crippen molar-refractivity contribution in [2.75, 3.05) is 0 Å². The minimum absolute atomic E-state index is 0.710. The van der Waals surface area contributed by atoms with Gasteiger partial charge in [-0.05, 0) is 40.1 Å². The lowest BCUT2D eigenvalue weighted by Crippen LogP contribution is -1.97. The van der Waals surface area contributed by atoms with Gasteiger partial charge < -0.3 is 5.73 Å². The topological polar surface area (TPSA) is 26.0 Å². The van der Waals surface area contributed by atoms with E-state index in [1.165, 1.54) is 17.5 Å². The van der Waals surface area contributed by atoms with Crippen LogP contribution in [0.25, 0.3) is 0 Å². The Morgan fingerprint density at radius 3 is 2.91 bits per heavy atom. The van der Waals surface area contributed by atoms with Gasteiger partial charge in [0.05, 0.1) is 0 Å². The minimum Gasteiger partial charge on any atom is -0.326 e. The first-order valence-corrected chi connectivity index (χ1v) is 5.02. The third-order valence-corrected chi connectivity index (χ3v) is 3.32. The quantitative estimate of drug-likeness (QED) is 0.718. The number of hydrogen-bond acceptors (Lipinski definition) is 2. The Morgan fingerprint density at radius 2 is 2.36 bits per heavy atom. The van der Waals surface area contributed by atoms with Crippen molar-refractivity contribution in [3.8, 4) is 0 Å². The van der Waals surface area contributed by atoms with Crippen molar-refractivity contribution in [2.24, 2.45) is 11.7 Å². The molecule has 0 aliphatic heterocycles. The minimum atomic E-state index is 0.710. The summed E-state index contributed by atoms with van der Waals surface area (Å²) in [6, 6.07) is 0. The normalized spacial score (nSPS) is 28.9. The lowest BCUT2D eigenvalue weighted by Gasteiger charge is -1.97. The molecular formula is C9H13NS. The van der Waals surface area contributed by atoms with Gasteiger partial charge in [0, 0.05) is 6.54 Å². The lowest BCUT2D eigenvalue weighted by atomic mass is 10.1.